The molecule has 1 N–H and O–H groups in total. The molecule has 0 saturated carbocycles. The molecule has 0 amide bonds. The van der Waals surface area contributed by atoms with Crippen LogP contribution in [0, 0.1) is 11.6 Å². The molecule has 5 rings (SSSR count). The number of benzene rings is 1. The van der Waals surface area contributed by atoms with Gasteiger partial charge in [-0.3, -0.25) is 9.67 Å². The number of aromatic nitrogens is 6. The van der Waals surface area contributed by atoms with E-state index in [0.29, 0.717) is 17.8 Å². The van der Waals surface area contributed by atoms with Crippen molar-refractivity contribution < 1.29 is 8.78 Å². The van der Waals surface area contributed by atoms with Crippen molar-refractivity contribution in [1.29, 1.82) is 0 Å². The van der Waals surface area contributed by atoms with Gasteiger partial charge < -0.3 is 4.98 Å². The molecule has 0 atom stereocenters. The van der Waals surface area contributed by atoms with E-state index in [9.17, 15) is 8.78 Å². The van der Waals surface area contributed by atoms with Crippen LogP contribution in [0.15, 0.2) is 67.5 Å². The minimum absolute atomic E-state index is 0.327. The van der Waals surface area contributed by atoms with Crippen molar-refractivity contribution in [1.82, 2.24) is 29.7 Å². The number of H-pyrrole nitrogens is 1. The van der Waals surface area contributed by atoms with E-state index < -0.39 is 11.6 Å². The number of rotatable bonds is 4. The molecule has 0 spiro atoms. The lowest BCUT2D eigenvalue weighted by atomic mass is 10.1. The van der Waals surface area contributed by atoms with Crippen molar-refractivity contribution in [2.45, 2.75) is 6.54 Å². The third-order valence-electron chi connectivity index (χ3n) is 4.63. The van der Waals surface area contributed by atoms with Gasteiger partial charge in [0.2, 0.25) is 0 Å². The average molecular weight is 388 g/mol. The average Bonchev–Trinajstić information content (AvgIpc) is 3.37. The molecule has 142 valence electrons. The summed E-state index contributed by atoms with van der Waals surface area (Å²) < 4.78 is 28.2. The van der Waals surface area contributed by atoms with E-state index in [2.05, 4.69) is 20.1 Å². The number of nitrogens with zero attached hydrogens (tertiary/aromatic N) is 5. The van der Waals surface area contributed by atoms with E-state index in [1.165, 1.54) is 12.1 Å². The van der Waals surface area contributed by atoms with Gasteiger partial charge in [-0.1, -0.05) is 6.07 Å². The van der Waals surface area contributed by atoms with Gasteiger partial charge in [0.15, 0.2) is 17.3 Å². The van der Waals surface area contributed by atoms with Gasteiger partial charge in [0, 0.05) is 41.5 Å². The summed E-state index contributed by atoms with van der Waals surface area (Å²) in [6.07, 6.45) is 10.5. The van der Waals surface area contributed by atoms with Gasteiger partial charge in [-0.15, -0.1) is 0 Å². The molecule has 0 aliphatic carbocycles. The Balaban J connectivity index is 1.49. The Morgan fingerprint density at radius 3 is 2.66 bits per heavy atom. The van der Waals surface area contributed by atoms with E-state index in [1.807, 2.05) is 24.5 Å². The van der Waals surface area contributed by atoms with Gasteiger partial charge in [-0.2, -0.15) is 5.10 Å². The molecule has 0 radical (unpaired) electrons. The zero-order valence-corrected chi connectivity index (χ0v) is 15.0. The Kier molecular flexibility index (Phi) is 4.09. The number of hydrogen-bond donors (Lipinski definition) is 1. The molecule has 4 aromatic heterocycles. The van der Waals surface area contributed by atoms with Crippen molar-refractivity contribution in [2.24, 2.45) is 0 Å². The molecule has 0 unspecified atom stereocenters. The first kappa shape index (κ1) is 17.2. The number of nitrogens with one attached hydrogen (secondary N) is 1. The summed E-state index contributed by atoms with van der Waals surface area (Å²) in [6.45, 7) is 0.327. The Morgan fingerprint density at radius 1 is 0.966 bits per heavy atom. The van der Waals surface area contributed by atoms with Gasteiger partial charge >= 0.3 is 0 Å². The number of halogens is 2. The number of fused-ring (bicyclic) bond motifs is 1. The molecule has 5 aromatic rings. The Hall–Kier alpha value is -3.94. The van der Waals surface area contributed by atoms with E-state index in [-0.39, 0.29) is 0 Å². The van der Waals surface area contributed by atoms with Crippen LogP contribution >= 0.6 is 0 Å². The van der Waals surface area contributed by atoms with Crippen molar-refractivity contribution >= 4 is 11.2 Å². The summed E-state index contributed by atoms with van der Waals surface area (Å²) in [5.41, 5.74) is 5.40. The van der Waals surface area contributed by atoms with Gasteiger partial charge in [0.05, 0.1) is 24.6 Å². The number of aromatic amines is 1. The summed E-state index contributed by atoms with van der Waals surface area (Å²) in [5, 5.41) is 4.34. The molecule has 29 heavy (non-hydrogen) atoms. The second-order valence-corrected chi connectivity index (χ2v) is 6.57. The second kappa shape index (κ2) is 6.90. The van der Waals surface area contributed by atoms with Crippen LogP contribution in [-0.4, -0.2) is 29.7 Å². The lowest BCUT2D eigenvalue weighted by Gasteiger charge is -2.02. The fourth-order valence-corrected chi connectivity index (χ4v) is 3.19. The molecule has 0 fully saturated rings. The van der Waals surface area contributed by atoms with Crippen LogP contribution in [0.3, 0.4) is 0 Å². The van der Waals surface area contributed by atoms with Crippen molar-refractivity contribution in [3.63, 3.8) is 0 Å². The minimum Gasteiger partial charge on any atom is -0.344 e. The fourth-order valence-electron chi connectivity index (χ4n) is 3.19. The number of pyridine rings is 1. The standard InChI is InChI=1S/C21H14F2N6/c22-17-2-1-13(7-18(17)23)11-29-12-15(8-27-29)16-9-25-21-20(16)28-19(10-26-21)14-3-5-24-6-4-14/h1-10,12H,11H2,(H,25,26). The summed E-state index contributed by atoms with van der Waals surface area (Å²) >= 11 is 0. The molecule has 4 heterocycles. The van der Waals surface area contributed by atoms with Gasteiger partial charge in [0.25, 0.3) is 0 Å². The minimum atomic E-state index is -0.870. The molecule has 0 bridgehead atoms. The molecule has 6 nitrogen and oxygen atoms in total. The highest BCUT2D eigenvalue weighted by Crippen LogP contribution is 2.28. The lowest BCUT2D eigenvalue weighted by molar-refractivity contribution is 0.506. The highest BCUT2D eigenvalue weighted by atomic mass is 19.2. The molecular weight excluding hydrogens is 374 g/mol. The van der Waals surface area contributed by atoms with E-state index in [4.69, 9.17) is 4.98 Å². The largest absolute Gasteiger partial charge is 0.344 e. The van der Waals surface area contributed by atoms with Gasteiger partial charge in [0.1, 0.15) is 5.52 Å². The molecule has 0 aliphatic heterocycles. The van der Waals surface area contributed by atoms with Crippen molar-refractivity contribution in [3.8, 4) is 22.4 Å². The first-order valence-corrected chi connectivity index (χ1v) is 8.88. The van der Waals surface area contributed by atoms with Crippen LogP contribution in [0.2, 0.25) is 0 Å². The highest BCUT2D eigenvalue weighted by molar-refractivity contribution is 5.91. The van der Waals surface area contributed by atoms with Gasteiger partial charge in [-0.05, 0) is 29.8 Å². The normalized spacial score (nSPS) is 11.2. The Bertz CT molecular complexity index is 1310. The van der Waals surface area contributed by atoms with Crippen LogP contribution < -0.4 is 0 Å². The number of hydrogen-bond acceptors (Lipinski definition) is 4. The van der Waals surface area contributed by atoms with Crippen molar-refractivity contribution in [3.05, 3.63) is 84.7 Å². The Labute approximate surface area is 163 Å². The van der Waals surface area contributed by atoms with Crippen LogP contribution in [0.1, 0.15) is 5.56 Å². The molecule has 0 saturated heterocycles. The maximum Gasteiger partial charge on any atom is 0.159 e. The molecule has 1 aromatic carbocycles. The molecule has 8 heteroatoms. The summed E-state index contributed by atoms with van der Waals surface area (Å²) in [6, 6.07) is 7.59. The monoisotopic (exact) mass is 388 g/mol. The van der Waals surface area contributed by atoms with E-state index in [1.54, 1.807) is 29.5 Å². The fraction of sp³-hybridized carbons (Fsp3) is 0.0476. The van der Waals surface area contributed by atoms with E-state index in [0.717, 1.165) is 34.0 Å². The zero-order valence-electron chi connectivity index (χ0n) is 15.0. The highest BCUT2D eigenvalue weighted by Gasteiger charge is 2.13. The summed E-state index contributed by atoms with van der Waals surface area (Å²) in [5.74, 6) is -1.73. The summed E-state index contributed by atoms with van der Waals surface area (Å²) in [4.78, 5) is 16.3. The maximum atomic E-state index is 13.4. The van der Waals surface area contributed by atoms with Crippen LogP contribution in [0.25, 0.3) is 33.5 Å². The van der Waals surface area contributed by atoms with E-state index >= 15 is 0 Å². The zero-order chi connectivity index (χ0) is 19.8. The van der Waals surface area contributed by atoms with Crippen LogP contribution in [0.4, 0.5) is 8.78 Å². The third-order valence-corrected chi connectivity index (χ3v) is 4.63. The first-order chi connectivity index (χ1) is 14.2. The lowest BCUT2D eigenvalue weighted by Crippen LogP contribution is -2.00. The van der Waals surface area contributed by atoms with Crippen molar-refractivity contribution in [2.75, 3.05) is 0 Å². The molecule has 0 aliphatic rings. The second-order valence-electron chi connectivity index (χ2n) is 6.57. The third kappa shape index (κ3) is 3.25. The predicted octanol–water partition coefficient (Wildman–Crippen LogP) is 4.21. The van der Waals surface area contributed by atoms with Crippen LogP contribution in [-0.2, 0) is 6.54 Å². The summed E-state index contributed by atoms with van der Waals surface area (Å²) in [7, 11) is 0. The predicted molar refractivity (Wildman–Crippen MR) is 104 cm³/mol. The van der Waals surface area contributed by atoms with Crippen LogP contribution in [0.5, 0.6) is 0 Å². The topological polar surface area (TPSA) is 72.3 Å². The van der Waals surface area contributed by atoms with Gasteiger partial charge in [-0.25, -0.2) is 18.7 Å². The smallest absolute Gasteiger partial charge is 0.159 e. The maximum absolute atomic E-state index is 13.4. The quantitative estimate of drug-likeness (QED) is 0.501. The SMILES string of the molecule is Fc1ccc(Cn2cc(-c3c[nH]c4ncc(-c5ccncc5)nc34)cn2)cc1F. The first-order valence-electron chi connectivity index (χ1n) is 8.88. The molecular formula is C21H14F2N6. The Morgan fingerprint density at radius 2 is 1.83 bits per heavy atom.